The standard InChI is InChI=1S/C20H26O2/c1-3-16(4-2)19(17-11-7-5-8-12-17)15-20(21,22)18-13-9-6-10-14-18/h5-14,16,19,21-22H,3-4,15H2,1-2H3. The van der Waals surface area contributed by atoms with Crippen molar-refractivity contribution in [3.8, 4) is 0 Å². The lowest BCUT2D eigenvalue weighted by Crippen LogP contribution is -2.30. The minimum atomic E-state index is -1.80. The summed E-state index contributed by atoms with van der Waals surface area (Å²) < 4.78 is 0. The van der Waals surface area contributed by atoms with Gasteiger partial charge < -0.3 is 10.2 Å². The minimum Gasteiger partial charge on any atom is -0.362 e. The van der Waals surface area contributed by atoms with Crippen LogP contribution < -0.4 is 0 Å². The Bertz CT molecular complexity index is 544. The molecule has 2 aromatic carbocycles. The molecule has 0 bridgehead atoms. The SMILES string of the molecule is CCC(CC)C(CC(O)(O)c1ccccc1)c1ccccc1. The van der Waals surface area contributed by atoms with E-state index in [1.54, 1.807) is 12.1 Å². The first-order chi connectivity index (χ1) is 10.6. The molecule has 1 unspecified atom stereocenters. The zero-order valence-electron chi connectivity index (χ0n) is 13.4. The first-order valence-electron chi connectivity index (χ1n) is 8.13. The van der Waals surface area contributed by atoms with Gasteiger partial charge in [0.05, 0.1) is 0 Å². The predicted octanol–water partition coefficient (Wildman–Crippen LogP) is 4.43. The minimum absolute atomic E-state index is 0.131. The second-order valence-electron chi connectivity index (χ2n) is 5.98. The van der Waals surface area contributed by atoms with E-state index in [2.05, 4.69) is 26.0 Å². The second-order valence-corrected chi connectivity index (χ2v) is 5.98. The molecule has 1 atom stereocenters. The summed E-state index contributed by atoms with van der Waals surface area (Å²) in [4.78, 5) is 0. The molecule has 0 radical (unpaired) electrons. The Morgan fingerprint density at radius 3 is 1.82 bits per heavy atom. The van der Waals surface area contributed by atoms with Crippen molar-refractivity contribution in [2.45, 2.75) is 44.8 Å². The summed E-state index contributed by atoms with van der Waals surface area (Å²) in [6, 6.07) is 19.3. The zero-order valence-corrected chi connectivity index (χ0v) is 13.4. The van der Waals surface area contributed by atoms with Gasteiger partial charge in [0.15, 0.2) is 5.79 Å². The largest absolute Gasteiger partial charge is 0.362 e. The van der Waals surface area contributed by atoms with Gasteiger partial charge in [-0.3, -0.25) is 0 Å². The quantitative estimate of drug-likeness (QED) is 0.742. The van der Waals surface area contributed by atoms with Crippen LogP contribution in [0.4, 0.5) is 0 Å². The lowest BCUT2D eigenvalue weighted by molar-refractivity contribution is -0.180. The van der Waals surface area contributed by atoms with E-state index in [1.807, 2.05) is 36.4 Å². The fourth-order valence-electron chi connectivity index (χ4n) is 3.24. The van der Waals surface area contributed by atoms with E-state index in [0.29, 0.717) is 17.9 Å². The van der Waals surface area contributed by atoms with Crippen LogP contribution in [-0.2, 0) is 5.79 Å². The Hall–Kier alpha value is -1.64. The van der Waals surface area contributed by atoms with Crippen LogP contribution in [-0.4, -0.2) is 10.2 Å². The third kappa shape index (κ3) is 3.96. The summed E-state index contributed by atoms with van der Waals surface area (Å²) in [7, 11) is 0. The molecule has 118 valence electrons. The number of benzene rings is 2. The van der Waals surface area contributed by atoms with Gasteiger partial charge in [0.1, 0.15) is 0 Å². The molecular formula is C20H26O2. The van der Waals surface area contributed by atoms with Gasteiger partial charge in [-0.15, -0.1) is 0 Å². The Morgan fingerprint density at radius 1 is 0.818 bits per heavy atom. The maximum Gasteiger partial charge on any atom is 0.190 e. The van der Waals surface area contributed by atoms with Gasteiger partial charge in [-0.1, -0.05) is 87.4 Å². The lowest BCUT2D eigenvalue weighted by Gasteiger charge is -2.32. The number of aliphatic hydroxyl groups is 2. The molecule has 2 rings (SSSR count). The summed E-state index contributed by atoms with van der Waals surface area (Å²) in [5, 5.41) is 21.2. The van der Waals surface area contributed by atoms with E-state index in [-0.39, 0.29) is 5.92 Å². The van der Waals surface area contributed by atoms with E-state index in [0.717, 1.165) is 12.8 Å². The van der Waals surface area contributed by atoms with Gasteiger partial charge in [0.2, 0.25) is 0 Å². The van der Waals surface area contributed by atoms with Crippen LogP contribution in [0.2, 0.25) is 0 Å². The lowest BCUT2D eigenvalue weighted by atomic mass is 9.77. The van der Waals surface area contributed by atoms with Crippen molar-refractivity contribution < 1.29 is 10.2 Å². The maximum atomic E-state index is 10.6. The van der Waals surface area contributed by atoms with Crippen LogP contribution in [0.5, 0.6) is 0 Å². The van der Waals surface area contributed by atoms with E-state index in [4.69, 9.17) is 0 Å². The molecule has 0 amide bonds. The van der Waals surface area contributed by atoms with Crippen LogP contribution in [0, 0.1) is 5.92 Å². The van der Waals surface area contributed by atoms with Crippen LogP contribution in [0.25, 0.3) is 0 Å². The van der Waals surface area contributed by atoms with Crippen molar-refractivity contribution in [1.82, 2.24) is 0 Å². The van der Waals surface area contributed by atoms with Crippen molar-refractivity contribution >= 4 is 0 Å². The maximum absolute atomic E-state index is 10.6. The zero-order chi connectivity index (χ0) is 16.0. The molecule has 2 aromatic rings. The van der Waals surface area contributed by atoms with Crippen LogP contribution in [0.3, 0.4) is 0 Å². The highest BCUT2D eigenvalue weighted by atomic mass is 16.5. The second kappa shape index (κ2) is 7.57. The molecule has 0 aromatic heterocycles. The third-order valence-electron chi connectivity index (χ3n) is 4.59. The number of rotatable bonds is 7. The van der Waals surface area contributed by atoms with E-state index in [1.165, 1.54) is 5.56 Å². The fraction of sp³-hybridized carbons (Fsp3) is 0.400. The highest BCUT2D eigenvalue weighted by molar-refractivity contribution is 5.24. The van der Waals surface area contributed by atoms with Crippen LogP contribution in [0.1, 0.15) is 50.2 Å². The van der Waals surface area contributed by atoms with Gasteiger partial charge in [-0.25, -0.2) is 0 Å². The van der Waals surface area contributed by atoms with E-state index < -0.39 is 5.79 Å². The highest BCUT2D eigenvalue weighted by Gasteiger charge is 2.33. The van der Waals surface area contributed by atoms with Crippen LogP contribution >= 0.6 is 0 Å². The molecule has 0 aliphatic heterocycles. The smallest absolute Gasteiger partial charge is 0.190 e. The average Bonchev–Trinajstić information content (AvgIpc) is 2.56. The van der Waals surface area contributed by atoms with Crippen molar-refractivity contribution in [3.05, 3.63) is 71.8 Å². The summed E-state index contributed by atoms with van der Waals surface area (Å²) in [5.41, 5.74) is 1.74. The topological polar surface area (TPSA) is 40.5 Å². The summed E-state index contributed by atoms with van der Waals surface area (Å²) >= 11 is 0. The molecule has 0 aliphatic carbocycles. The van der Waals surface area contributed by atoms with Gasteiger partial charge in [-0.05, 0) is 17.4 Å². The molecule has 0 spiro atoms. The summed E-state index contributed by atoms with van der Waals surface area (Å²) in [6.07, 6.45) is 2.37. The van der Waals surface area contributed by atoms with E-state index >= 15 is 0 Å². The monoisotopic (exact) mass is 298 g/mol. The molecule has 22 heavy (non-hydrogen) atoms. The van der Waals surface area contributed by atoms with Gasteiger partial charge >= 0.3 is 0 Å². The molecule has 2 N–H and O–H groups in total. The Morgan fingerprint density at radius 2 is 1.32 bits per heavy atom. The Balaban J connectivity index is 2.30. The first-order valence-corrected chi connectivity index (χ1v) is 8.13. The average molecular weight is 298 g/mol. The van der Waals surface area contributed by atoms with Gasteiger partial charge in [-0.2, -0.15) is 0 Å². The highest BCUT2D eigenvalue weighted by Crippen LogP contribution is 2.38. The van der Waals surface area contributed by atoms with Crippen molar-refractivity contribution in [1.29, 1.82) is 0 Å². The first kappa shape index (κ1) is 16.7. The molecule has 2 heteroatoms. The fourth-order valence-corrected chi connectivity index (χ4v) is 3.24. The molecule has 2 nitrogen and oxygen atoms in total. The third-order valence-corrected chi connectivity index (χ3v) is 4.59. The molecule has 0 saturated carbocycles. The summed E-state index contributed by atoms with van der Waals surface area (Å²) in [6.45, 7) is 4.34. The molecule has 0 heterocycles. The number of hydrogen-bond acceptors (Lipinski definition) is 2. The van der Waals surface area contributed by atoms with Gasteiger partial charge in [0.25, 0.3) is 0 Å². The van der Waals surface area contributed by atoms with Crippen LogP contribution in [0.15, 0.2) is 60.7 Å². The Kier molecular flexibility index (Phi) is 5.76. The number of hydrogen-bond donors (Lipinski definition) is 2. The van der Waals surface area contributed by atoms with E-state index in [9.17, 15) is 10.2 Å². The van der Waals surface area contributed by atoms with Crippen molar-refractivity contribution in [2.75, 3.05) is 0 Å². The molecule has 0 saturated heterocycles. The summed E-state index contributed by atoms with van der Waals surface area (Å²) in [5.74, 6) is -1.24. The van der Waals surface area contributed by atoms with Crippen molar-refractivity contribution in [2.24, 2.45) is 5.92 Å². The molecule has 0 aliphatic rings. The molecule has 0 fully saturated rings. The molecular weight excluding hydrogens is 272 g/mol. The predicted molar refractivity (Wildman–Crippen MR) is 90.4 cm³/mol. The Labute approximate surface area is 133 Å². The normalized spacial score (nSPS) is 13.3. The van der Waals surface area contributed by atoms with Gasteiger partial charge in [0, 0.05) is 12.0 Å². The van der Waals surface area contributed by atoms with Crippen molar-refractivity contribution in [3.63, 3.8) is 0 Å².